The second-order valence-electron chi connectivity index (χ2n) is 14.6. The monoisotopic (exact) mass is 712 g/mol. The van der Waals surface area contributed by atoms with Gasteiger partial charge in [-0.15, -0.1) is 0 Å². The predicted octanol–water partition coefficient (Wildman–Crippen LogP) is 14.1. The summed E-state index contributed by atoms with van der Waals surface area (Å²) < 4.78 is 0. The molecule has 56 heavy (non-hydrogen) atoms. The molecular weight excluding hydrogens is 679 g/mol. The quantitative estimate of drug-likeness (QED) is 0.164. The summed E-state index contributed by atoms with van der Waals surface area (Å²) in [5, 5.41) is 16.4. The van der Waals surface area contributed by atoms with Crippen molar-refractivity contribution in [2.24, 2.45) is 4.99 Å². The first kappa shape index (κ1) is 32.1. The van der Waals surface area contributed by atoms with E-state index in [1.54, 1.807) is 0 Å². The van der Waals surface area contributed by atoms with Gasteiger partial charge in [0, 0.05) is 23.2 Å². The van der Waals surface area contributed by atoms with Crippen molar-refractivity contribution in [3.63, 3.8) is 0 Å². The number of amidine groups is 1. The molecule has 0 saturated heterocycles. The van der Waals surface area contributed by atoms with Crippen LogP contribution in [0.4, 0.5) is 0 Å². The third-order valence-corrected chi connectivity index (χ3v) is 11.2. The topological polar surface area (TPSA) is 39.4 Å². The summed E-state index contributed by atoms with van der Waals surface area (Å²) in [6, 6.07) is 67.0. The second-order valence-corrected chi connectivity index (χ2v) is 14.6. The summed E-state index contributed by atoms with van der Waals surface area (Å²) in [5.74, 6) is 0.720. The molecule has 1 aliphatic rings. The number of rotatable bonds is 5. The Balaban J connectivity index is 1.02. The van der Waals surface area contributed by atoms with Crippen LogP contribution < -0.4 is 0 Å². The van der Waals surface area contributed by atoms with Crippen LogP contribution >= 0.6 is 0 Å². The van der Waals surface area contributed by atoms with Crippen LogP contribution in [0, 0.1) is 0 Å². The predicted molar refractivity (Wildman–Crippen MR) is 236 cm³/mol. The molecule has 0 radical (unpaired) electrons. The van der Waals surface area contributed by atoms with Crippen molar-refractivity contribution in [3.8, 4) is 22.3 Å². The molecule has 0 bridgehead atoms. The SMILES string of the molecule is C1=C(c2ccc(-c3cc4ccccc4c4ccccc34)cc2)N=C(c2ccc(-c3cnc4ccccc4c3)cc2)[N-]C1c1cc2ccccc2c2ccccc12. The summed E-state index contributed by atoms with van der Waals surface area (Å²) in [7, 11) is 0. The van der Waals surface area contributed by atoms with Crippen molar-refractivity contribution in [2.75, 3.05) is 0 Å². The molecule has 1 unspecified atom stereocenters. The van der Waals surface area contributed by atoms with Gasteiger partial charge in [-0.05, 0) is 100 Å². The number of benzene rings is 9. The third kappa shape index (κ3) is 5.52. The first-order chi connectivity index (χ1) is 27.7. The van der Waals surface area contributed by atoms with E-state index in [0.717, 1.165) is 44.7 Å². The lowest BCUT2D eigenvalue weighted by Crippen LogP contribution is -2.11. The maximum Gasteiger partial charge on any atom is 0.0702 e. The van der Waals surface area contributed by atoms with E-state index >= 15 is 0 Å². The fourth-order valence-electron chi connectivity index (χ4n) is 8.44. The van der Waals surface area contributed by atoms with Gasteiger partial charge in [-0.1, -0.05) is 182 Å². The summed E-state index contributed by atoms with van der Waals surface area (Å²) in [4.78, 5) is 9.98. The van der Waals surface area contributed by atoms with E-state index in [1.807, 2.05) is 18.3 Å². The Morgan fingerprint density at radius 3 is 1.66 bits per heavy atom. The molecule has 0 saturated carbocycles. The van der Waals surface area contributed by atoms with E-state index in [-0.39, 0.29) is 6.04 Å². The minimum atomic E-state index is -0.236. The summed E-state index contributed by atoms with van der Waals surface area (Å²) in [5.41, 5.74) is 9.70. The highest BCUT2D eigenvalue weighted by Gasteiger charge is 2.17. The fraction of sp³-hybridized carbons (Fsp3) is 0.0189. The molecule has 0 aliphatic carbocycles. The van der Waals surface area contributed by atoms with Crippen LogP contribution in [-0.4, -0.2) is 10.8 Å². The van der Waals surface area contributed by atoms with Crippen LogP contribution in [0.25, 0.3) is 87.3 Å². The lowest BCUT2D eigenvalue weighted by Gasteiger charge is -2.34. The van der Waals surface area contributed by atoms with Crippen molar-refractivity contribution < 1.29 is 0 Å². The third-order valence-electron chi connectivity index (χ3n) is 11.2. The van der Waals surface area contributed by atoms with Gasteiger partial charge in [0.1, 0.15) is 0 Å². The first-order valence-corrected chi connectivity index (χ1v) is 19.1. The Kier molecular flexibility index (Phi) is 7.56. The van der Waals surface area contributed by atoms with Crippen LogP contribution in [0.15, 0.2) is 205 Å². The van der Waals surface area contributed by atoms with Crippen molar-refractivity contribution in [1.29, 1.82) is 0 Å². The van der Waals surface area contributed by atoms with Gasteiger partial charge in [-0.2, -0.15) is 0 Å². The average molecular weight is 713 g/mol. The van der Waals surface area contributed by atoms with Gasteiger partial charge < -0.3 is 10.3 Å². The minimum absolute atomic E-state index is 0.236. The maximum absolute atomic E-state index is 5.39. The van der Waals surface area contributed by atoms with Gasteiger partial charge in [0.15, 0.2) is 0 Å². The number of hydrogen-bond donors (Lipinski definition) is 0. The lowest BCUT2D eigenvalue weighted by atomic mass is 9.91. The zero-order valence-corrected chi connectivity index (χ0v) is 30.5. The number of aliphatic imine (C=N–C) groups is 1. The van der Waals surface area contributed by atoms with Crippen LogP contribution in [0.1, 0.15) is 22.7 Å². The highest BCUT2D eigenvalue weighted by atomic mass is 15.0. The molecule has 0 N–H and O–H groups in total. The van der Waals surface area contributed by atoms with E-state index in [2.05, 4.69) is 182 Å². The Hall–Kier alpha value is -7.36. The Morgan fingerprint density at radius 1 is 0.393 bits per heavy atom. The normalized spacial score (nSPS) is 14.2. The highest BCUT2D eigenvalue weighted by Crippen LogP contribution is 2.42. The zero-order chi connectivity index (χ0) is 37.0. The van der Waals surface area contributed by atoms with E-state index < -0.39 is 0 Å². The standard InChI is InChI=1S/C53H34N3/c1-4-14-42-38(11-1)30-48(46-18-8-6-16-44(42)46)35-23-25-36(26-24-35)51-32-52(49-31-39-12-2-5-15-43(39)45-17-7-9-19-47(45)49)56-53(55-51)37-27-21-34(22-28-37)41-29-40-13-3-10-20-50(40)54-33-41/h1-33,52H/q-1. The molecule has 1 aromatic heterocycles. The highest BCUT2D eigenvalue weighted by molar-refractivity contribution is 6.15. The maximum atomic E-state index is 5.39. The summed E-state index contributed by atoms with van der Waals surface area (Å²) >= 11 is 0. The Morgan fingerprint density at radius 2 is 0.929 bits per heavy atom. The summed E-state index contributed by atoms with van der Waals surface area (Å²) in [6.45, 7) is 0. The van der Waals surface area contributed by atoms with E-state index in [4.69, 9.17) is 15.3 Å². The van der Waals surface area contributed by atoms with Gasteiger partial charge in [0.25, 0.3) is 0 Å². The molecule has 0 fully saturated rings. The van der Waals surface area contributed by atoms with E-state index in [9.17, 15) is 0 Å². The Labute approximate surface area is 324 Å². The molecule has 3 heteroatoms. The van der Waals surface area contributed by atoms with Gasteiger partial charge in [-0.3, -0.25) is 4.98 Å². The molecule has 10 aromatic rings. The molecule has 11 rings (SSSR count). The summed E-state index contributed by atoms with van der Waals surface area (Å²) in [6.07, 6.45) is 4.18. The van der Waals surface area contributed by atoms with Crippen LogP contribution in [0.2, 0.25) is 0 Å². The molecule has 1 aliphatic heterocycles. The molecule has 1 atom stereocenters. The first-order valence-electron chi connectivity index (χ1n) is 19.1. The smallest absolute Gasteiger partial charge is 0.0702 e. The molecule has 262 valence electrons. The lowest BCUT2D eigenvalue weighted by molar-refractivity contribution is 1.05. The van der Waals surface area contributed by atoms with Crippen LogP contribution in [0.3, 0.4) is 0 Å². The van der Waals surface area contributed by atoms with Crippen molar-refractivity contribution in [2.45, 2.75) is 6.04 Å². The Bertz CT molecular complexity index is 3210. The van der Waals surface area contributed by atoms with Crippen molar-refractivity contribution in [3.05, 3.63) is 222 Å². The fourth-order valence-corrected chi connectivity index (χ4v) is 8.44. The zero-order valence-electron chi connectivity index (χ0n) is 30.5. The van der Waals surface area contributed by atoms with Gasteiger partial charge in [-0.25, -0.2) is 0 Å². The van der Waals surface area contributed by atoms with Gasteiger partial charge in [0.05, 0.1) is 5.52 Å². The molecule has 2 heterocycles. The average Bonchev–Trinajstić information content (AvgIpc) is 3.28. The van der Waals surface area contributed by atoms with Crippen molar-refractivity contribution in [1.82, 2.24) is 4.98 Å². The number of para-hydroxylation sites is 1. The van der Waals surface area contributed by atoms with E-state index in [1.165, 1.54) is 59.8 Å². The molecule has 3 nitrogen and oxygen atoms in total. The van der Waals surface area contributed by atoms with Gasteiger partial charge in [0.2, 0.25) is 0 Å². The molecular formula is C53H34N3-. The van der Waals surface area contributed by atoms with Crippen LogP contribution in [0.5, 0.6) is 0 Å². The second kappa shape index (κ2) is 13.2. The molecule has 0 amide bonds. The largest absolute Gasteiger partial charge is 0.454 e. The van der Waals surface area contributed by atoms with E-state index in [0.29, 0.717) is 0 Å². The number of pyridine rings is 1. The number of hydrogen-bond acceptors (Lipinski definition) is 2. The van der Waals surface area contributed by atoms with Crippen LogP contribution in [-0.2, 0) is 0 Å². The molecule has 0 spiro atoms. The minimum Gasteiger partial charge on any atom is -0.454 e. The number of aromatic nitrogens is 1. The molecule has 9 aromatic carbocycles. The van der Waals surface area contributed by atoms with Crippen molar-refractivity contribution >= 4 is 65.5 Å². The number of fused-ring (bicyclic) bond motifs is 7. The number of nitrogens with zero attached hydrogens (tertiary/aromatic N) is 3. The van der Waals surface area contributed by atoms with Gasteiger partial charge >= 0.3 is 0 Å².